The summed E-state index contributed by atoms with van der Waals surface area (Å²) in [5.74, 6) is -1.09. The largest absolute Gasteiger partial charge is 0.488 e. The van der Waals surface area contributed by atoms with Crippen molar-refractivity contribution in [1.29, 1.82) is 0 Å². The summed E-state index contributed by atoms with van der Waals surface area (Å²) in [6, 6.07) is 16.5. The second kappa shape index (κ2) is 10.6. The van der Waals surface area contributed by atoms with Gasteiger partial charge in [0.05, 0.1) is 5.69 Å². The molecule has 6 nitrogen and oxygen atoms in total. The van der Waals surface area contributed by atoms with Crippen LogP contribution in [0.4, 0.5) is 10.5 Å². The lowest BCUT2D eigenvalue weighted by Crippen LogP contribution is -2.54. The van der Waals surface area contributed by atoms with Gasteiger partial charge in [0.15, 0.2) is 0 Å². The average Bonchev–Trinajstić information content (AvgIpc) is 2.82. The number of urea groups is 1. The molecule has 3 aromatic rings. The molecule has 9 heteroatoms. The summed E-state index contributed by atoms with van der Waals surface area (Å²) >= 11 is 15.6. The Morgan fingerprint density at radius 2 is 1.74 bits per heavy atom. The minimum absolute atomic E-state index is 0.141. The number of imide groups is 2. The Labute approximate surface area is 220 Å². The summed E-state index contributed by atoms with van der Waals surface area (Å²) in [5, 5.41) is 3.21. The van der Waals surface area contributed by atoms with E-state index in [2.05, 4.69) is 21.2 Å². The van der Waals surface area contributed by atoms with Crippen LogP contribution in [-0.2, 0) is 22.6 Å². The third kappa shape index (κ3) is 5.59. The van der Waals surface area contributed by atoms with E-state index in [1.54, 1.807) is 48.5 Å². The Kier molecular flexibility index (Phi) is 7.60. The summed E-state index contributed by atoms with van der Waals surface area (Å²) in [4.78, 5) is 39.3. The number of barbiturate groups is 1. The van der Waals surface area contributed by atoms with Gasteiger partial charge in [0.25, 0.3) is 11.8 Å². The van der Waals surface area contributed by atoms with Crippen molar-refractivity contribution in [3.05, 3.63) is 97.4 Å². The topological polar surface area (TPSA) is 75.7 Å². The Morgan fingerprint density at radius 3 is 2.43 bits per heavy atom. The summed E-state index contributed by atoms with van der Waals surface area (Å²) in [6.07, 6.45) is 2.22. The van der Waals surface area contributed by atoms with Crippen LogP contribution in [0.2, 0.25) is 10.0 Å². The van der Waals surface area contributed by atoms with Gasteiger partial charge in [-0.1, -0.05) is 64.3 Å². The monoisotopic (exact) mass is 572 g/mol. The molecule has 1 saturated heterocycles. The molecule has 0 spiro atoms. The molecule has 178 valence electrons. The highest BCUT2D eigenvalue weighted by atomic mass is 79.9. The highest BCUT2D eigenvalue weighted by Gasteiger charge is 2.37. The van der Waals surface area contributed by atoms with Gasteiger partial charge in [-0.3, -0.25) is 14.9 Å². The van der Waals surface area contributed by atoms with Crippen LogP contribution in [0.3, 0.4) is 0 Å². The molecule has 3 aromatic carbocycles. The third-order valence-corrected chi connectivity index (χ3v) is 6.45. The predicted molar refractivity (Wildman–Crippen MR) is 140 cm³/mol. The molecular formula is C26H19BrCl2N2O4. The number of ether oxygens (including phenoxy) is 1. The first-order valence-electron chi connectivity index (χ1n) is 10.6. The Bertz CT molecular complexity index is 1360. The van der Waals surface area contributed by atoms with Crippen LogP contribution in [0.15, 0.2) is 70.7 Å². The SMILES string of the molecule is CCc1ccc(N2C(=O)NC(=O)/C(=C/c3cc(Br)ccc3OCc3ccc(Cl)cc3Cl)C2=O)cc1. The van der Waals surface area contributed by atoms with Crippen molar-refractivity contribution in [2.24, 2.45) is 0 Å². The number of carbonyl (C=O) groups is 3. The number of nitrogens with zero attached hydrogens (tertiary/aromatic N) is 1. The quantitative estimate of drug-likeness (QED) is 0.267. The van der Waals surface area contributed by atoms with E-state index >= 15 is 0 Å². The molecule has 0 saturated carbocycles. The van der Waals surface area contributed by atoms with Crippen molar-refractivity contribution >= 4 is 68.7 Å². The lowest BCUT2D eigenvalue weighted by atomic mass is 10.1. The maximum Gasteiger partial charge on any atom is 0.335 e. The first-order valence-corrected chi connectivity index (χ1v) is 12.2. The molecule has 0 radical (unpaired) electrons. The highest BCUT2D eigenvalue weighted by Crippen LogP contribution is 2.30. The van der Waals surface area contributed by atoms with Crippen molar-refractivity contribution in [2.75, 3.05) is 4.90 Å². The predicted octanol–water partition coefficient (Wildman–Crippen LogP) is 6.56. The number of halogens is 3. The minimum Gasteiger partial charge on any atom is -0.488 e. The summed E-state index contributed by atoms with van der Waals surface area (Å²) in [6.45, 7) is 2.15. The number of rotatable bonds is 6. The van der Waals surface area contributed by atoms with E-state index in [0.717, 1.165) is 22.4 Å². The molecule has 0 aliphatic carbocycles. The maximum absolute atomic E-state index is 13.3. The number of carbonyl (C=O) groups excluding carboxylic acids is 3. The van der Waals surface area contributed by atoms with E-state index in [1.807, 2.05) is 19.1 Å². The number of hydrogen-bond donors (Lipinski definition) is 1. The molecule has 0 atom stereocenters. The standard InChI is InChI=1S/C26H19BrCl2N2O4/c1-2-15-3-8-20(9-4-15)31-25(33)21(24(32)30-26(31)34)12-17-11-18(27)6-10-23(17)35-14-16-5-7-19(28)13-22(16)29/h3-13H,2,14H2,1H3,(H,30,32,34)/b21-12-. The van der Waals surface area contributed by atoms with Gasteiger partial charge in [-0.25, -0.2) is 9.69 Å². The molecule has 0 bridgehead atoms. The number of hydrogen-bond acceptors (Lipinski definition) is 4. The zero-order valence-electron chi connectivity index (χ0n) is 18.5. The Hall–Kier alpha value is -3.13. The molecule has 1 aliphatic heterocycles. The van der Waals surface area contributed by atoms with Gasteiger partial charge in [0.2, 0.25) is 0 Å². The fourth-order valence-corrected chi connectivity index (χ4v) is 4.33. The van der Waals surface area contributed by atoms with Crippen LogP contribution >= 0.6 is 39.1 Å². The molecule has 1 heterocycles. The fraction of sp³-hybridized carbons (Fsp3) is 0.115. The molecule has 1 fully saturated rings. The van der Waals surface area contributed by atoms with E-state index in [1.165, 1.54) is 6.08 Å². The number of aryl methyl sites for hydroxylation is 1. The van der Waals surface area contributed by atoms with E-state index in [-0.39, 0.29) is 12.2 Å². The summed E-state index contributed by atoms with van der Waals surface area (Å²) < 4.78 is 6.67. The van der Waals surface area contributed by atoms with Crippen molar-refractivity contribution in [2.45, 2.75) is 20.0 Å². The molecule has 0 aromatic heterocycles. The van der Waals surface area contributed by atoms with E-state index in [9.17, 15) is 14.4 Å². The average molecular weight is 574 g/mol. The number of nitrogens with one attached hydrogen (secondary N) is 1. The maximum atomic E-state index is 13.3. The van der Waals surface area contributed by atoms with Crippen molar-refractivity contribution in [3.8, 4) is 5.75 Å². The molecular weight excluding hydrogens is 555 g/mol. The van der Waals surface area contributed by atoms with Crippen LogP contribution in [0.1, 0.15) is 23.6 Å². The Balaban J connectivity index is 1.66. The van der Waals surface area contributed by atoms with Gasteiger partial charge in [0, 0.05) is 25.6 Å². The van der Waals surface area contributed by atoms with Crippen molar-refractivity contribution < 1.29 is 19.1 Å². The van der Waals surface area contributed by atoms with E-state index in [0.29, 0.717) is 31.5 Å². The van der Waals surface area contributed by atoms with Gasteiger partial charge < -0.3 is 4.74 Å². The first kappa shape index (κ1) is 25.0. The van der Waals surface area contributed by atoms with E-state index < -0.39 is 17.8 Å². The molecule has 4 rings (SSSR count). The van der Waals surface area contributed by atoms with Gasteiger partial charge >= 0.3 is 6.03 Å². The van der Waals surface area contributed by atoms with Gasteiger partial charge in [-0.05, 0) is 60.5 Å². The van der Waals surface area contributed by atoms with E-state index in [4.69, 9.17) is 27.9 Å². The van der Waals surface area contributed by atoms with Crippen LogP contribution in [0, 0.1) is 0 Å². The summed E-state index contributed by atoms with van der Waals surface area (Å²) in [5.41, 5.74) is 2.42. The number of amides is 4. The second-order valence-electron chi connectivity index (χ2n) is 7.68. The molecule has 0 unspecified atom stereocenters. The van der Waals surface area contributed by atoms with Gasteiger partial charge in [0.1, 0.15) is 17.9 Å². The second-order valence-corrected chi connectivity index (χ2v) is 9.44. The van der Waals surface area contributed by atoms with Crippen LogP contribution in [0.5, 0.6) is 5.75 Å². The number of benzene rings is 3. The Morgan fingerprint density at radius 1 is 1.00 bits per heavy atom. The fourth-order valence-electron chi connectivity index (χ4n) is 3.49. The van der Waals surface area contributed by atoms with Crippen molar-refractivity contribution in [3.63, 3.8) is 0 Å². The van der Waals surface area contributed by atoms with Crippen molar-refractivity contribution in [1.82, 2.24) is 5.32 Å². The summed E-state index contributed by atoms with van der Waals surface area (Å²) in [7, 11) is 0. The normalized spacial score (nSPS) is 14.9. The third-order valence-electron chi connectivity index (χ3n) is 5.37. The zero-order valence-corrected chi connectivity index (χ0v) is 21.6. The molecule has 35 heavy (non-hydrogen) atoms. The lowest BCUT2D eigenvalue weighted by Gasteiger charge is -2.26. The zero-order chi connectivity index (χ0) is 25.1. The molecule has 1 N–H and O–H groups in total. The number of anilines is 1. The smallest absolute Gasteiger partial charge is 0.335 e. The van der Waals surface area contributed by atoms with Gasteiger partial charge in [-0.15, -0.1) is 0 Å². The lowest BCUT2D eigenvalue weighted by molar-refractivity contribution is -0.122. The molecule has 1 aliphatic rings. The van der Waals surface area contributed by atoms with Crippen LogP contribution < -0.4 is 15.0 Å². The van der Waals surface area contributed by atoms with Gasteiger partial charge in [-0.2, -0.15) is 0 Å². The molecule has 4 amide bonds. The highest BCUT2D eigenvalue weighted by molar-refractivity contribution is 9.10. The van der Waals surface area contributed by atoms with Crippen LogP contribution in [-0.4, -0.2) is 17.8 Å². The minimum atomic E-state index is -0.801. The van der Waals surface area contributed by atoms with Crippen LogP contribution in [0.25, 0.3) is 6.08 Å². The first-order chi connectivity index (χ1) is 16.8.